The van der Waals surface area contributed by atoms with E-state index in [0.29, 0.717) is 54.5 Å². The monoisotopic (exact) mass is 519 g/mol. The number of nitrogens with zero attached hydrogens (tertiary/aromatic N) is 3. The number of carbonyl (C=O) groups is 1. The van der Waals surface area contributed by atoms with E-state index < -0.39 is 11.8 Å². The van der Waals surface area contributed by atoms with Gasteiger partial charge in [-0.15, -0.1) is 0 Å². The molecule has 38 heavy (non-hydrogen) atoms. The number of aliphatic imine (C=N–C) groups is 1. The maximum atomic E-state index is 13.6. The van der Waals surface area contributed by atoms with Gasteiger partial charge >= 0.3 is 5.97 Å². The molecule has 1 aliphatic heterocycles. The van der Waals surface area contributed by atoms with Gasteiger partial charge in [0.25, 0.3) is 0 Å². The van der Waals surface area contributed by atoms with Crippen LogP contribution in [0.3, 0.4) is 0 Å². The number of amidine groups is 1. The molecule has 2 aromatic carbocycles. The van der Waals surface area contributed by atoms with Gasteiger partial charge in [0, 0.05) is 41.8 Å². The van der Waals surface area contributed by atoms with Crippen molar-refractivity contribution >= 4 is 29.0 Å². The quantitative estimate of drug-likeness (QED) is 0.229. The lowest BCUT2D eigenvalue weighted by Gasteiger charge is -2.35. The summed E-state index contributed by atoms with van der Waals surface area (Å²) in [7, 11) is 0. The summed E-state index contributed by atoms with van der Waals surface area (Å²) in [6.45, 7) is 5.55. The van der Waals surface area contributed by atoms with E-state index in [1.54, 1.807) is 17.0 Å². The fraction of sp³-hybridized carbons (Fsp3) is 0.414. The summed E-state index contributed by atoms with van der Waals surface area (Å²) < 4.78 is 19.0. The average molecular weight is 520 g/mol. The Hall–Kier alpha value is -3.72. The third kappa shape index (κ3) is 6.22. The number of benzene rings is 2. The molecule has 200 valence electrons. The number of hydrogen-bond donors (Lipinski definition) is 3. The molecule has 0 saturated heterocycles. The first-order valence-electron chi connectivity index (χ1n) is 13.1. The molecule has 1 saturated carbocycles. The van der Waals surface area contributed by atoms with Gasteiger partial charge in [0.2, 0.25) is 0 Å². The molecule has 1 aromatic heterocycles. The Morgan fingerprint density at radius 2 is 1.92 bits per heavy atom. The number of halogens is 1. The number of hydrogen-bond acceptors (Lipinski definition) is 7. The van der Waals surface area contributed by atoms with Crippen molar-refractivity contribution in [1.29, 1.82) is 0 Å². The van der Waals surface area contributed by atoms with E-state index in [9.17, 15) is 14.3 Å². The topological polar surface area (TPSA) is 103 Å². The lowest BCUT2D eigenvalue weighted by molar-refractivity contribution is -0.154. The fourth-order valence-electron chi connectivity index (χ4n) is 4.50. The van der Waals surface area contributed by atoms with Crippen LogP contribution >= 0.6 is 0 Å². The number of aromatic amines is 1. The van der Waals surface area contributed by atoms with E-state index in [1.807, 2.05) is 45.0 Å². The van der Waals surface area contributed by atoms with Crippen LogP contribution in [-0.4, -0.2) is 38.8 Å². The number of rotatable bonds is 9. The molecule has 0 bridgehead atoms. The highest BCUT2D eigenvalue weighted by Crippen LogP contribution is 2.40. The van der Waals surface area contributed by atoms with Crippen LogP contribution in [-0.2, 0) is 9.53 Å². The Morgan fingerprint density at radius 3 is 2.63 bits per heavy atom. The standard InChI is InChI=1S/C29H34FN5O3/c1-29(2,3)38-27(36)7-5-4-6-26-32-24-16-18(23-17-25(34-33-23)31-20-11-12-20)8-15-22(24)28(37)35(26)21-13-9-19(30)10-14-21/h8-10,13-17,20,28,37H,4-7,11-12H2,1-3H3,(H2,31,33,34). The van der Waals surface area contributed by atoms with Gasteiger partial charge in [0.15, 0.2) is 6.23 Å². The average Bonchev–Trinajstić information content (AvgIpc) is 3.55. The Morgan fingerprint density at radius 1 is 1.16 bits per heavy atom. The summed E-state index contributed by atoms with van der Waals surface area (Å²) >= 11 is 0. The molecule has 1 fully saturated rings. The molecule has 2 heterocycles. The van der Waals surface area contributed by atoms with Crippen LogP contribution < -0.4 is 10.2 Å². The first-order chi connectivity index (χ1) is 18.2. The van der Waals surface area contributed by atoms with Crippen molar-refractivity contribution in [2.45, 2.75) is 77.2 Å². The van der Waals surface area contributed by atoms with Crippen LogP contribution in [0.1, 0.15) is 71.1 Å². The van der Waals surface area contributed by atoms with Crippen molar-refractivity contribution < 1.29 is 19.0 Å². The van der Waals surface area contributed by atoms with Crippen molar-refractivity contribution in [1.82, 2.24) is 10.2 Å². The van der Waals surface area contributed by atoms with Crippen molar-refractivity contribution in [2.75, 3.05) is 10.2 Å². The second-order valence-electron chi connectivity index (χ2n) is 10.9. The number of aliphatic hydroxyl groups excluding tert-OH is 1. The molecule has 8 nitrogen and oxygen atoms in total. The smallest absolute Gasteiger partial charge is 0.306 e. The number of esters is 1. The predicted molar refractivity (Wildman–Crippen MR) is 146 cm³/mol. The van der Waals surface area contributed by atoms with E-state index in [2.05, 4.69) is 15.5 Å². The molecular weight excluding hydrogens is 485 g/mol. The Bertz CT molecular complexity index is 1320. The molecular formula is C29H34FN5O3. The maximum Gasteiger partial charge on any atom is 0.306 e. The third-order valence-electron chi connectivity index (χ3n) is 6.45. The molecule has 2 aliphatic rings. The summed E-state index contributed by atoms with van der Waals surface area (Å²) in [4.78, 5) is 18.8. The van der Waals surface area contributed by atoms with Crippen LogP contribution in [0.2, 0.25) is 0 Å². The van der Waals surface area contributed by atoms with Crippen molar-refractivity contribution in [3.05, 3.63) is 59.9 Å². The van der Waals surface area contributed by atoms with E-state index in [-0.39, 0.29) is 11.8 Å². The van der Waals surface area contributed by atoms with Gasteiger partial charge in [-0.3, -0.25) is 14.8 Å². The highest BCUT2D eigenvalue weighted by atomic mass is 19.1. The minimum absolute atomic E-state index is 0.233. The maximum absolute atomic E-state index is 13.6. The first kappa shape index (κ1) is 25.9. The van der Waals surface area contributed by atoms with Gasteiger partial charge in [-0.2, -0.15) is 5.10 Å². The number of H-pyrrole nitrogens is 1. The number of ether oxygens (including phenoxy) is 1. The van der Waals surface area contributed by atoms with E-state index in [1.165, 1.54) is 25.0 Å². The van der Waals surface area contributed by atoms with Crippen molar-refractivity contribution in [3.8, 4) is 11.3 Å². The second kappa shape index (κ2) is 10.6. The summed E-state index contributed by atoms with van der Waals surface area (Å²) in [6, 6.07) is 14.2. The van der Waals surface area contributed by atoms with Crippen molar-refractivity contribution in [2.24, 2.45) is 4.99 Å². The van der Waals surface area contributed by atoms with E-state index in [4.69, 9.17) is 9.73 Å². The van der Waals surface area contributed by atoms with Gasteiger partial charge in [-0.05, 0) is 76.8 Å². The SMILES string of the molecule is CC(C)(C)OC(=O)CCCCC1=Nc2cc(-c3cc(NC4CC4)[nH]n3)ccc2C(O)N1c1ccc(F)cc1. The first-order valence-corrected chi connectivity index (χ1v) is 13.1. The summed E-state index contributed by atoms with van der Waals surface area (Å²) in [5, 5.41) is 22.3. The molecule has 1 aliphatic carbocycles. The number of aliphatic hydroxyl groups is 1. The third-order valence-corrected chi connectivity index (χ3v) is 6.45. The largest absolute Gasteiger partial charge is 0.460 e. The Labute approximate surface area is 221 Å². The fourth-order valence-corrected chi connectivity index (χ4v) is 4.50. The Balaban J connectivity index is 1.37. The van der Waals surface area contributed by atoms with Crippen LogP contribution in [0.4, 0.5) is 21.6 Å². The number of carbonyl (C=O) groups excluding carboxylic acids is 1. The van der Waals surface area contributed by atoms with Gasteiger partial charge < -0.3 is 15.2 Å². The molecule has 0 radical (unpaired) electrons. The minimum atomic E-state index is -0.992. The zero-order valence-electron chi connectivity index (χ0n) is 22.0. The number of aromatic nitrogens is 2. The van der Waals surface area contributed by atoms with Crippen LogP contribution in [0.25, 0.3) is 11.3 Å². The molecule has 0 spiro atoms. The van der Waals surface area contributed by atoms with Crippen LogP contribution in [0.15, 0.2) is 53.5 Å². The van der Waals surface area contributed by atoms with E-state index in [0.717, 1.165) is 17.1 Å². The molecule has 1 unspecified atom stereocenters. The van der Waals surface area contributed by atoms with E-state index >= 15 is 0 Å². The van der Waals surface area contributed by atoms with Gasteiger partial charge in [0.1, 0.15) is 23.1 Å². The summed E-state index contributed by atoms with van der Waals surface area (Å²) in [5.41, 5.74) is 3.12. The molecule has 9 heteroatoms. The molecule has 5 rings (SSSR count). The molecule has 3 aromatic rings. The normalized spacial score (nSPS) is 17.1. The van der Waals surface area contributed by atoms with Gasteiger partial charge in [-0.25, -0.2) is 9.38 Å². The van der Waals surface area contributed by atoms with Crippen LogP contribution in [0, 0.1) is 5.82 Å². The highest BCUT2D eigenvalue weighted by molar-refractivity contribution is 6.01. The number of nitrogens with one attached hydrogen (secondary N) is 2. The zero-order valence-corrected chi connectivity index (χ0v) is 22.0. The van der Waals surface area contributed by atoms with Gasteiger partial charge in [0.05, 0.1) is 11.4 Å². The zero-order chi connectivity index (χ0) is 26.9. The lowest BCUT2D eigenvalue weighted by atomic mass is 10.0. The second-order valence-corrected chi connectivity index (χ2v) is 10.9. The highest BCUT2D eigenvalue weighted by Gasteiger charge is 2.30. The molecule has 1 atom stereocenters. The summed E-state index contributed by atoms with van der Waals surface area (Å²) in [5.74, 6) is 0.951. The molecule has 0 amide bonds. The molecule has 3 N–H and O–H groups in total. The van der Waals surface area contributed by atoms with Gasteiger partial charge in [-0.1, -0.05) is 12.1 Å². The minimum Gasteiger partial charge on any atom is -0.460 e. The number of unbranched alkanes of at least 4 members (excludes halogenated alkanes) is 1. The summed E-state index contributed by atoms with van der Waals surface area (Å²) in [6.07, 6.45) is 3.48. The lowest BCUT2D eigenvalue weighted by Crippen LogP contribution is -2.37. The Kier molecular flexibility index (Phi) is 7.21. The number of anilines is 2. The van der Waals surface area contributed by atoms with Crippen molar-refractivity contribution in [3.63, 3.8) is 0 Å². The number of fused-ring (bicyclic) bond motifs is 1. The van der Waals surface area contributed by atoms with Crippen LogP contribution in [0.5, 0.6) is 0 Å². The predicted octanol–water partition coefficient (Wildman–Crippen LogP) is 6.23.